The second kappa shape index (κ2) is 6.99. The number of carbonyl (C=O) groups excluding carboxylic acids is 2. The summed E-state index contributed by atoms with van der Waals surface area (Å²) in [6.45, 7) is -0.0369. The largest absolute Gasteiger partial charge is 0.482 e. The third-order valence-electron chi connectivity index (χ3n) is 3.36. The SMILES string of the molecule is O=C(COc1ccccc1F)NCc1ccc2c(c1)NC(=O)CO2. The van der Waals surface area contributed by atoms with Crippen LogP contribution in [0.2, 0.25) is 0 Å². The van der Waals surface area contributed by atoms with Gasteiger partial charge < -0.3 is 20.1 Å². The predicted octanol–water partition coefficient (Wildman–Crippen LogP) is 1.85. The highest BCUT2D eigenvalue weighted by molar-refractivity contribution is 5.95. The summed E-state index contributed by atoms with van der Waals surface area (Å²) >= 11 is 0. The average Bonchev–Trinajstić information content (AvgIpc) is 2.59. The molecule has 0 saturated carbocycles. The Balaban J connectivity index is 1.52. The fourth-order valence-corrected chi connectivity index (χ4v) is 2.20. The molecule has 0 spiro atoms. The number of halogens is 1. The first-order valence-electron chi connectivity index (χ1n) is 7.31. The summed E-state index contributed by atoms with van der Waals surface area (Å²) in [4.78, 5) is 23.1. The van der Waals surface area contributed by atoms with Crippen LogP contribution in [0.25, 0.3) is 0 Å². The fraction of sp³-hybridized carbons (Fsp3) is 0.176. The van der Waals surface area contributed by atoms with Crippen molar-refractivity contribution in [3.63, 3.8) is 0 Å². The Hall–Kier alpha value is -3.09. The highest BCUT2D eigenvalue weighted by atomic mass is 19.1. The van der Waals surface area contributed by atoms with E-state index in [0.29, 0.717) is 11.4 Å². The van der Waals surface area contributed by atoms with E-state index in [1.807, 2.05) is 0 Å². The molecule has 0 fully saturated rings. The fourth-order valence-electron chi connectivity index (χ4n) is 2.20. The summed E-state index contributed by atoms with van der Waals surface area (Å²) in [5.41, 5.74) is 1.36. The third kappa shape index (κ3) is 3.81. The van der Waals surface area contributed by atoms with Crippen LogP contribution < -0.4 is 20.1 Å². The summed E-state index contributed by atoms with van der Waals surface area (Å²) in [6, 6.07) is 11.1. The van der Waals surface area contributed by atoms with Crippen molar-refractivity contribution < 1.29 is 23.5 Å². The minimum Gasteiger partial charge on any atom is -0.482 e. The van der Waals surface area contributed by atoms with E-state index in [1.54, 1.807) is 30.3 Å². The van der Waals surface area contributed by atoms with Crippen molar-refractivity contribution in [2.45, 2.75) is 6.54 Å². The Morgan fingerprint density at radius 1 is 1.29 bits per heavy atom. The van der Waals surface area contributed by atoms with Gasteiger partial charge in [-0.15, -0.1) is 0 Å². The van der Waals surface area contributed by atoms with Crippen LogP contribution in [-0.4, -0.2) is 25.0 Å². The molecule has 6 nitrogen and oxygen atoms in total. The lowest BCUT2D eigenvalue weighted by atomic mass is 10.1. The van der Waals surface area contributed by atoms with Crippen molar-refractivity contribution >= 4 is 17.5 Å². The van der Waals surface area contributed by atoms with Gasteiger partial charge in [0.25, 0.3) is 11.8 Å². The molecule has 24 heavy (non-hydrogen) atoms. The smallest absolute Gasteiger partial charge is 0.262 e. The van der Waals surface area contributed by atoms with Crippen LogP contribution in [-0.2, 0) is 16.1 Å². The zero-order valence-electron chi connectivity index (χ0n) is 12.7. The molecule has 1 aliphatic rings. The van der Waals surface area contributed by atoms with Gasteiger partial charge in [-0.25, -0.2) is 4.39 Å². The summed E-state index contributed by atoms with van der Waals surface area (Å²) in [7, 11) is 0. The first-order chi connectivity index (χ1) is 11.6. The van der Waals surface area contributed by atoms with Crippen LogP contribution in [0.5, 0.6) is 11.5 Å². The number of hydrogen-bond donors (Lipinski definition) is 2. The molecule has 124 valence electrons. The van der Waals surface area contributed by atoms with Crippen LogP contribution >= 0.6 is 0 Å². The van der Waals surface area contributed by atoms with Gasteiger partial charge in [-0.3, -0.25) is 9.59 Å². The lowest BCUT2D eigenvalue weighted by Gasteiger charge is -2.18. The number of ether oxygens (including phenoxy) is 2. The molecule has 0 aliphatic carbocycles. The van der Waals surface area contributed by atoms with Gasteiger partial charge in [0, 0.05) is 6.54 Å². The molecule has 0 aromatic heterocycles. The number of hydrogen-bond acceptors (Lipinski definition) is 4. The van der Waals surface area contributed by atoms with E-state index in [0.717, 1.165) is 5.56 Å². The first kappa shape index (κ1) is 15.8. The van der Waals surface area contributed by atoms with Gasteiger partial charge >= 0.3 is 0 Å². The number of anilines is 1. The molecule has 2 N–H and O–H groups in total. The Morgan fingerprint density at radius 3 is 2.96 bits per heavy atom. The molecule has 0 atom stereocenters. The van der Waals surface area contributed by atoms with E-state index in [4.69, 9.17) is 9.47 Å². The number of fused-ring (bicyclic) bond motifs is 1. The maximum atomic E-state index is 13.4. The molecule has 0 radical (unpaired) electrons. The summed E-state index contributed by atoms with van der Waals surface area (Å²) in [5.74, 6) is -0.497. The molecule has 2 aromatic carbocycles. The van der Waals surface area contributed by atoms with Crippen molar-refractivity contribution in [3.05, 3.63) is 53.8 Å². The Bertz CT molecular complexity index is 779. The maximum absolute atomic E-state index is 13.4. The number of rotatable bonds is 5. The van der Waals surface area contributed by atoms with E-state index in [9.17, 15) is 14.0 Å². The quantitative estimate of drug-likeness (QED) is 0.877. The molecular formula is C17H15FN2O4. The van der Waals surface area contributed by atoms with Gasteiger partial charge in [0.2, 0.25) is 0 Å². The molecule has 1 heterocycles. The van der Waals surface area contributed by atoms with Crippen molar-refractivity contribution in [1.82, 2.24) is 5.32 Å². The van der Waals surface area contributed by atoms with Crippen LogP contribution in [0, 0.1) is 5.82 Å². The van der Waals surface area contributed by atoms with Gasteiger partial charge in [0.15, 0.2) is 24.8 Å². The molecule has 3 rings (SSSR count). The standard InChI is InChI=1S/C17H15FN2O4/c18-12-3-1-2-4-14(12)23-9-16(21)19-8-11-5-6-15-13(7-11)20-17(22)10-24-15/h1-7H,8-10H2,(H,19,21)(H,20,22). The van der Waals surface area contributed by atoms with Crippen molar-refractivity contribution in [1.29, 1.82) is 0 Å². The molecule has 0 saturated heterocycles. The normalized spacial score (nSPS) is 12.6. The van der Waals surface area contributed by atoms with Crippen LogP contribution in [0.3, 0.4) is 0 Å². The van der Waals surface area contributed by atoms with Gasteiger partial charge in [0.05, 0.1) is 5.69 Å². The first-order valence-corrected chi connectivity index (χ1v) is 7.31. The van der Waals surface area contributed by atoms with E-state index in [2.05, 4.69) is 10.6 Å². The molecule has 7 heteroatoms. The van der Waals surface area contributed by atoms with Crippen molar-refractivity contribution in [2.24, 2.45) is 0 Å². The minimum absolute atomic E-state index is 0.00350. The van der Waals surface area contributed by atoms with E-state index in [1.165, 1.54) is 12.1 Å². The van der Waals surface area contributed by atoms with Gasteiger partial charge in [-0.2, -0.15) is 0 Å². The Labute approximate surface area is 137 Å². The molecular weight excluding hydrogens is 315 g/mol. The second-order valence-electron chi connectivity index (χ2n) is 5.16. The summed E-state index contributed by atoms with van der Waals surface area (Å²) in [5, 5.41) is 5.36. The summed E-state index contributed by atoms with van der Waals surface area (Å²) in [6.07, 6.45) is 0. The van der Waals surface area contributed by atoms with E-state index < -0.39 is 5.82 Å². The highest BCUT2D eigenvalue weighted by Crippen LogP contribution is 2.28. The van der Waals surface area contributed by atoms with Gasteiger partial charge in [-0.1, -0.05) is 18.2 Å². The average molecular weight is 330 g/mol. The predicted molar refractivity (Wildman–Crippen MR) is 84.3 cm³/mol. The minimum atomic E-state index is -0.518. The van der Waals surface area contributed by atoms with Crippen molar-refractivity contribution in [3.8, 4) is 11.5 Å². The van der Waals surface area contributed by atoms with Crippen molar-refractivity contribution in [2.75, 3.05) is 18.5 Å². The van der Waals surface area contributed by atoms with Crippen LogP contribution in [0.4, 0.5) is 10.1 Å². The molecule has 0 bridgehead atoms. The topological polar surface area (TPSA) is 76.7 Å². The van der Waals surface area contributed by atoms with Crippen LogP contribution in [0.15, 0.2) is 42.5 Å². The monoisotopic (exact) mass is 330 g/mol. The number of benzene rings is 2. The van der Waals surface area contributed by atoms with Gasteiger partial charge in [-0.05, 0) is 29.8 Å². The highest BCUT2D eigenvalue weighted by Gasteiger charge is 2.16. The van der Waals surface area contributed by atoms with Crippen LogP contribution in [0.1, 0.15) is 5.56 Å². The second-order valence-corrected chi connectivity index (χ2v) is 5.16. The number of amides is 2. The molecule has 2 amide bonds. The molecule has 0 unspecified atom stereocenters. The number of carbonyl (C=O) groups is 2. The van der Waals surface area contributed by atoms with E-state index in [-0.39, 0.29) is 37.3 Å². The Kier molecular flexibility index (Phi) is 4.60. The lowest BCUT2D eigenvalue weighted by molar-refractivity contribution is -0.123. The zero-order valence-corrected chi connectivity index (χ0v) is 12.7. The summed E-state index contributed by atoms with van der Waals surface area (Å²) < 4.78 is 23.8. The van der Waals surface area contributed by atoms with Gasteiger partial charge in [0.1, 0.15) is 5.75 Å². The number of nitrogens with one attached hydrogen (secondary N) is 2. The Morgan fingerprint density at radius 2 is 2.12 bits per heavy atom. The lowest BCUT2D eigenvalue weighted by Crippen LogP contribution is -2.29. The zero-order chi connectivity index (χ0) is 16.9. The molecule has 1 aliphatic heterocycles. The maximum Gasteiger partial charge on any atom is 0.262 e. The molecule has 2 aromatic rings. The van der Waals surface area contributed by atoms with E-state index >= 15 is 0 Å². The number of para-hydroxylation sites is 1. The third-order valence-corrected chi connectivity index (χ3v) is 3.36.